The highest BCUT2D eigenvalue weighted by atomic mass is 32.1. The summed E-state index contributed by atoms with van der Waals surface area (Å²) in [6, 6.07) is 15.1. The fourth-order valence-corrected chi connectivity index (χ4v) is 4.96. The first-order valence-electron chi connectivity index (χ1n) is 9.42. The summed E-state index contributed by atoms with van der Waals surface area (Å²) in [6.45, 7) is 0.168. The van der Waals surface area contributed by atoms with Crippen LogP contribution in [0.1, 0.15) is 23.2 Å². The van der Waals surface area contributed by atoms with Crippen molar-refractivity contribution < 1.29 is 14.3 Å². The molecule has 5 rings (SSSR count). The van der Waals surface area contributed by atoms with Crippen LogP contribution in [0, 0.1) is 0 Å². The van der Waals surface area contributed by atoms with Gasteiger partial charge in [-0.3, -0.25) is 9.69 Å². The topological polar surface area (TPSA) is 71.5 Å². The summed E-state index contributed by atoms with van der Waals surface area (Å²) in [5, 5.41) is 5.70. The van der Waals surface area contributed by atoms with Gasteiger partial charge in [0, 0.05) is 10.9 Å². The highest BCUT2D eigenvalue weighted by Gasteiger charge is 2.55. The zero-order valence-corrected chi connectivity index (χ0v) is 16.7. The minimum absolute atomic E-state index is 0.168. The van der Waals surface area contributed by atoms with Gasteiger partial charge in [0.25, 0.3) is 5.91 Å². The quantitative estimate of drug-likeness (QED) is 0.672. The number of nitrogens with zero attached hydrogens (tertiary/aromatic N) is 2. The maximum Gasteiger partial charge on any atom is 0.325 e. The van der Waals surface area contributed by atoms with Crippen LogP contribution in [-0.4, -0.2) is 28.9 Å². The Labute approximate surface area is 172 Å². The van der Waals surface area contributed by atoms with E-state index >= 15 is 0 Å². The molecular formula is C22H19N3O3S. The number of carbonyl (C=O) groups is 2. The minimum Gasteiger partial charge on any atom is -0.497 e. The molecule has 146 valence electrons. The molecule has 2 aromatic carbocycles. The molecule has 1 aliphatic carbocycles. The Balaban J connectivity index is 1.38. The lowest BCUT2D eigenvalue weighted by atomic mass is 9.92. The van der Waals surface area contributed by atoms with Gasteiger partial charge in [0.15, 0.2) is 0 Å². The summed E-state index contributed by atoms with van der Waals surface area (Å²) in [5.41, 5.74) is 2.78. The van der Waals surface area contributed by atoms with E-state index in [1.54, 1.807) is 7.11 Å². The third kappa shape index (κ3) is 2.81. The molecule has 2 aliphatic rings. The Bertz CT molecular complexity index is 1110. The maximum absolute atomic E-state index is 13.3. The van der Waals surface area contributed by atoms with Crippen molar-refractivity contribution in [2.75, 3.05) is 7.11 Å². The average molecular weight is 405 g/mol. The van der Waals surface area contributed by atoms with Crippen molar-refractivity contribution >= 4 is 23.3 Å². The van der Waals surface area contributed by atoms with Crippen molar-refractivity contribution in [1.82, 2.24) is 15.2 Å². The van der Waals surface area contributed by atoms with Gasteiger partial charge in [-0.05, 0) is 48.2 Å². The van der Waals surface area contributed by atoms with Crippen molar-refractivity contribution in [2.24, 2.45) is 0 Å². The summed E-state index contributed by atoms with van der Waals surface area (Å²) in [6.07, 6.45) is 1.38. The van der Waals surface area contributed by atoms with Crippen molar-refractivity contribution in [3.8, 4) is 16.3 Å². The van der Waals surface area contributed by atoms with Gasteiger partial charge in [0.1, 0.15) is 16.3 Å². The van der Waals surface area contributed by atoms with Gasteiger partial charge in [-0.2, -0.15) is 0 Å². The Morgan fingerprint density at radius 2 is 1.97 bits per heavy atom. The third-order valence-corrected chi connectivity index (χ3v) is 6.57. The summed E-state index contributed by atoms with van der Waals surface area (Å²) >= 11 is 1.49. The molecule has 0 saturated carbocycles. The zero-order valence-electron chi connectivity index (χ0n) is 15.8. The molecule has 6 nitrogen and oxygen atoms in total. The molecule has 1 fully saturated rings. The number of urea groups is 1. The highest BCUT2D eigenvalue weighted by molar-refractivity contribution is 7.13. The third-order valence-electron chi connectivity index (χ3n) is 5.63. The van der Waals surface area contributed by atoms with Gasteiger partial charge >= 0.3 is 6.03 Å². The van der Waals surface area contributed by atoms with E-state index < -0.39 is 5.54 Å². The van der Waals surface area contributed by atoms with Gasteiger partial charge in [-0.15, -0.1) is 11.3 Å². The smallest absolute Gasteiger partial charge is 0.325 e. The predicted molar refractivity (Wildman–Crippen MR) is 110 cm³/mol. The second-order valence-corrected chi connectivity index (χ2v) is 8.11. The molecule has 1 unspecified atom stereocenters. The van der Waals surface area contributed by atoms with Crippen LogP contribution in [0.2, 0.25) is 0 Å². The number of thiazole rings is 1. The van der Waals surface area contributed by atoms with Crippen molar-refractivity contribution in [3.63, 3.8) is 0 Å². The molecule has 1 aliphatic heterocycles. The first-order chi connectivity index (χ1) is 14.1. The highest BCUT2D eigenvalue weighted by Crippen LogP contribution is 2.41. The standard InChI is InChI=1S/C22H19N3O3S/c1-28-17-8-6-15(7-9-17)19-23-16(13-29-19)12-25-20(26)22(24-21(25)27)11-10-14-4-2-3-5-18(14)22/h2-9,13H,10-12H2,1H3,(H,24,27). The molecule has 0 radical (unpaired) electrons. The van der Waals surface area contributed by atoms with Gasteiger partial charge in [0.2, 0.25) is 0 Å². The lowest BCUT2D eigenvalue weighted by Gasteiger charge is -2.22. The SMILES string of the molecule is COc1ccc(-c2nc(CN3C(=O)NC4(CCc5ccccc54)C3=O)cs2)cc1. The van der Waals surface area contributed by atoms with Gasteiger partial charge < -0.3 is 10.1 Å². The Kier molecular flexibility index (Phi) is 4.13. The fourth-order valence-electron chi connectivity index (χ4n) is 4.14. The van der Waals surface area contributed by atoms with E-state index in [0.717, 1.165) is 33.9 Å². The first kappa shape index (κ1) is 17.9. The molecule has 29 heavy (non-hydrogen) atoms. The van der Waals surface area contributed by atoms with Crippen LogP contribution in [0.5, 0.6) is 5.75 Å². The molecule has 1 atom stereocenters. The van der Waals surface area contributed by atoms with Crippen LogP contribution in [-0.2, 0) is 23.3 Å². The number of hydrogen-bond donors (Lipinski definition) is 1. The van der Waals surface area contributed by atoms with Crippen LogP contribution in [0.15, 0.2) is 53.9 Å². The zero-order chi connectivity index (χ0) is 20.0. The number of fused-ring (bicyclic) bond motifs is 2. The number of methoxy groups -OCH3 is 1. The van der Waals surface area contributed by atoms with E-state index in [9.17, 15) is 9.59 Å². The summed E-state index contributed by atoms with van der Waals surface area (Å²) in [4.78, 5) is 31.8. The molecular weight excluding hydrogens is 386 g/mol. The predicted octanol–water partition coefficient (Wildman–Crippen LogP) is 3.71. The second kappa shape index (κ2) is 6.70. The Hall–Kier alpha value is -3.19. The largest absolute Gasteiger partial charge is 0.497 e. The van der Waals surface area contributed by atoms with E-state index in [2.05, 4.69) is 10.3 Å². The van der Waals surface area contributed by atoms with Crippen LogP contribution in [0.25, 0.3) is 10.6 Å². The number of ether oxygens (including phenoxy) is 1. The van der Waals surface area contributed by atoms with Crippen molar-refractivity contribution in [3.05, 3.63) is 70.7 Å². The molecule has 3 aromatic rings. The maximum atomic E-state index is 13.3. The van der Waals surface area contributed by atoms with Gasteiger partial charge in [-0.1, -0.05) is 24.3 Å². The number of nitrogens with one attached hydrogen (secondary N) is 1. The number of aromatic nitrogens is 1. The minimum atomic E-state index is -0.928. The summed E-state index contributed by atoms with van der Waals surface area (Å²) < 4.78 is 5.19. The first-order valence-corrected chi connectivity index (χ1v) is 10.3. The van der Waals surface area contributed by atoms with E-state index in [0.29, 0.717) is 12.1 Å². The number of hydrogen-bond acceptors (Lipinski definition) is 5. The number of imide groups is 1. The van der Waals surface area contributed by atoms with Crippen LogP contribution >= 0.6 is 11.3 Å². The average Bonchev–Trinajstić information content (AvgIpc) is 3.43. The second-order valence-electron chi connectivity index (χ2n) is 7.26. The van der Waals surface area contributed by atoms with E-state index in [4.69, 9.17) is 4.74 Å². The van der Waals surface area contributed by atoms with Gasteiger partial charge in [-0.25, -0.2) is 9.78 Å². The van der Waals surface area contributed by atoms with E-state index in [1.807, 2.05) is 53.9 Å². The van der Waals surface area contributed by atoms with E-state index in [-0.39, 0.29) is 18.5 Å². The number of rotatable bonds is 4. The van der Waals surface area contributed by atoms with Gasteiger partial charge in [0.05, 0.1) is 19.3 Å². The lowest BCUT2D eigenvalue weighted by molar-refractivity contribution is -0.132. The molecule has 1 aromatic heterocycles. The summed E-state index contributed by atoms with van der Waals surface area (Å²) in [7, 11) is 1.63. The monoisotopic (exact) mass is 405 g/mol. The Morgan fingerprint density at radius 1 is 1.17 bits per heavy atom. The number of amides is 3. The number of aryl methyl sites for hydroxylation is 1. The number of benzene rings is 2. The molecule has 7 heteroatoms. The number of carbonyl (C=O) groups excluding carboxylic acids is 2. The van der Waals surface area contributed by atoms with Crippen LogP contribution in [0.4, 0.5) is 4.79 Å². The van der Waals surface area contributed by atoms with E-state index in [1.165, 1.54) is 16.2 Å². The van der Waals surface area contributed by atoms with Crippen molar-refractivity contribution in [2.45, 2.75) is 24.9 Å². The molecule has 3 amide bonds. The molecule has 2 heterocycles. The van der Waals surface area contributed by atoms with Crippen molar-refractivity contribution in [1.29, 1.82) is 0 Å². The van der Waals surface area contributed by atoms with Crippen LogP contribution < -0.4 is 10.1 Å². The van der Waals surface area contributed by atoms with Crippen LogP contribution in [0.3, 0.4) is 0 Å². The lowest BCUT2D eigenvalue weighted by Crippen LogP contribution is -2.41. The molecule has 1 N–H and O–H groups in total. The fraction of sp³-hybridized carbons (Fsp3) is 0.227. The Morgan fingerprint density at radius 3 is 2.76 bits per heavy atom. The summed E-state index contributed by atoms with van der Waals surface area (Å²) in [5.74, 6) is 0.596. The molecule has 0 bridgehead atoms. The molecule has 1 spiro atoms. The molecule has 1 saturated heterocycles. The normalized spacial score (nSPS) is 20.2.